The minimum absolute atomic E-state index is 0.0791. The first-order valence-electron chi connectivity index (χ1n) is 9.25. The van der Waals surface area contributed by atoms with E-state index in [4.69, 9.17) is 9.15 Å². The number of nitrogens with one attached hydrogen (secondary N) is 1. The lowest BCUT2D eigenvalue weighted by atomic mass is 9.79. The molecule has 146 valence electrons. The lowest BCUT2D eigenvalue weighted by molar-refractivity contribution is -0.123. The number of hydrogen-bond donors (Lipinski definition) is 2. The second-order valence-electron chi connectivity index (χ2n) is 7.11. The summed E-state index contributed by atoms with van der Waals surface area (Å²) < 4.78 is 11.7. The quantitative estimate of drug-likeness (QED) is 0.703. The Balaban J connectivity index is 1.49. The van der Waals surface area contributed by atoms with E-state index >= 15 is 0 Å². The van der Waals surface area contributed by atoms with Gasteiger partial charge < -0.3 is 19.6 Å². The van der Waals surface area contributed by atoms with Gasteiger partial charge in [-0.15, -0.1) is 0 Å². The van der Waals surface area contributed by atoms with Crippen molar-refractivity contribution in [1.29, 1.82) is 0 Å². The maximum atomic E-state index is 12.5. The molecule has 0 fully saturated rings. The van der Waals surface area contributed by atoms with Crippen LogP contribution in [0.2, 0.25) is 0 Å². The summed E-state index contributed by atoms with van der Waals surface area (Å²) >= 11 is 0. The number of oxazole rings is 1. The van der Waals surface area contributed by atoms with Crippen molar-refractivity contribution >= 4 is 17.0 Å². The molecule has 0 spiro atoms. The van der Waals surface area contributed by atoms with E-state index in [9.17, 15) is 14.7 Å². The Kier molecular flexibility index (Phi) is 4.68. The van der Waals surface area contributed by atoms with Crippen molar-refractivity contribution in [3.05, 3.63) is 64.1 Å². The predicted molar refractivity (Wildman–Crippen MR) is 103 cm³/mol. The molecule has 0 bridgehead atoms. The van der Waals surface area contributed by atoms with E-state index in [0.29, 0.717) is 17.5 Å². The van der Waals surface area contributed by atoms with Gasteiger partial charge in [0.05, 0.1) is 19.2 Å². The number of aromatic nitrogens is 1. The molecule has 7 nitrogen and oxygen atoms in total. The van der Waals surface area contributed by atoms with Crippen LogP contribution in [0.5, 0.6) is 5.75 Å². The highest BCUT2D eigenvalue weighted by molar-refractivity contribution is 5.79. The van der Waals surface area contributed by atoms with Crippen LogP contribution < -0.4 is 15.8 Å². The number of carbonyl (C=O) groups excluding carboxylic acids is 1. The molecule has 1 aromatic heterocycles. The molecule has 1 aliphatic rings. The number of aryl methyl sites for hydroxylation is 1. The van der Waals surface area contributed by atoms with E-state index in [1.165, 1.54) is 4.57 Å². The third-order valence-corrected chi connectivity index (χ3v) is 5.30. The molecular formula is C21H22N2O5. The number of ether oxygens (including phenoxy) is 1. The molecule has 0 radical (unpaired) electrons. The third-order valence-electron chi connectivity index (χ3n) is 5.30. The van der Waals surface area contributed by atoms with Gasteiger partial charge >= 0.3 is 5.76 Å². The number of carbonyl (C=O) groups is 1. The molecule has 0 aliphatic heterocycles. The van der Waals surface area contributed by atoms with Crippen LogP contribution in [0.25, 0.3) is 11.1 Å². The third kappa shape index (κ3) is 3.29. The zero-order valence-corrected chi connectivity index (χ0v) is 15.6. The average Bonchev–Trinajstić information content (AvgIpc) is 3.01. The fourth-order valence-corrected chi connectivity index (χ4v) is 3.86. The van der Waals surface area contributed by atoms with Crippen LogP contribution in [-0.4, -0.2) is 29.2 Å². The van der Waals surface area contributed by atoms with Crippen LogP contribution in [0.3, 0.4) is 0 Å². The van der Waals surface area contributed by atoms with E-state index < -0.39 is 11.4 Å². The molecule has 1 amide bonds. The largest absolute Gasteiger partial charge is 0.497 e. The zero-order chi connectivity index (χ0) is 19.7. The molecule has 0 saturated heterocycles. The molecule has 0 saturated carbocycles. The Bertz CT molecular complexity index is 1080. The molecule has 1 heterocycles. The SMILES string of the molecule is COc1ccc2c(c1)CCCC2(O)CNC(=O)Cn1c(=O)oc2ccccc21. The van der Waals surface area contributed by atoms with Gasteiger partial charge in [-0.25, -0.2) is 4.79 Å². The van der Waals surface area contributed by atoms with E-state index in [1.54, 1.807) is 31.4 Å². The number of para-hydroxylation sites is 2. The van der Waals surface area contributed by atoms with Crippen molar-refractivity contribution in [3.63, 3.8) is 0 Å². The summed E-state index contributed by atoms with van der Waals surface area (Å²) in [5, 5.41) is 13.9. The van der Waals surface area contributed by atoms with E-state index in [0.717, 1.165) is 29.7 Å². The van der Waals surface area contributed by atoms with Crippen LogP contribution >= 0.6 is 0 Å². The highest BCUT2D eigenvalue weighted by Crippen LogP contribution is 2.36. The smallest absolute Gasteiger partial charge is 0.420 e. The monoisotopic (exact) mass is 382 g/mol. The summed E-state index contributed by atoms with van der Waals surface area (Å²) in [5.74, 6) is -0.189. The zero-order valence-electron chi connectivity index (χ0n) is 15.6. The molecule has 7 heteroatoms. The molecule has 2 N–H and O–H groups in total. The molecule has 2 aromatic carbocycles. The molecule has 28 heavy (non-hydrogen) atoms. The maximum absolute atomic E-state index is 12.5. The van der Waals surface area contributed by atoms with Gasteiger partial charge in [-0.2, -0.15) is 0 Å². The van der Waals surface area contributed by atoms with Crippen molar-refractivity contribution in [1.82, 2.24) is 9.88 Å². The van der Waals surface area contributed by atoms with Gasteiger partial charge in [-0.3, -0.25) is 9.36 Å². The van der Waals surface area contributed by atoms with Crippen molar-refractivity contribution in [3.8, 4) is 5.75 Å². The summed E-state index contributed by atoms with van der Waals surface area (Å²) in [6.45, 7) is -0.0862. The second-order valence-corrected chi connectivity index (χ2v) is 7.11. The summed E-state index contributed by atoms with van der Waals surface area (Å²) in [5.41, 5.74) is 1.70. The number of rotatable bonds is 5. The van der Waals surface area contributed by atoms with Crippen molar-refractivity contribution < 1.29 is 19.1 Å². The topological polar surface area (TPSA) is 93.7 Å². The van der Waals surface area contributed by atoms with Gasteiger partial charge in [0, 0.05) is 0 Å². The normalized spacial score (nSPS) is 18.6. The molecule has 4 rings (SSSR count). The first-order valence-corrected chi connectivity index (χ1v) is 9.25. The molecule has 1 unspecified atom stereocenters. The second kappa shape index (κ2) is 7.16. The van der Waals surface area contributed by atoms with E-state index in [1.807, 2.05) is 18.2 Å². The van der Waals surface area contributed by atoms with Crippen molar-refractivity contribution in [2.75, 3.05) is 13.7 Å². The Morgan fingerprint density at radius 1 is 1.32 bits per heavy atom. The Hall–Kier alpha value is -3.06. The average molecular weight is 382 g/mol. The lowest BCUT2D eigenvalue weighted by Crippen LogP contribution is -2.44. The molecule has 1 atom stereocenters. The van der Waals surface area contributed by atoms with Crippen molar-refractivity contribution in [2.24, 2.45) is 0 Å². The number of aliphatic hydroxyl groups is 1. The minimum atomic E-state index is -1.14. The van der Waals surface area contributed by atoms with Crippen LogP contribution in [0.15, 0.2) is 51.7 Å². The van der Waals surface area contributed by atoms with Crippen LogP contribution in [0.1, 0.15) is 24.0 Å². The number of amides is 1. The number of hydrogen-bond acceptors (Lipinski definition) is 5. The van der Waals surface area contributed by atoms with E-state index in [-0.39, 0.29) is 19.0 Å². The first kappa shape index (κ1) is 18.3. The number of benzene rings is 2. The number of fused-ring (bicyclic) bond motifs is 2. The van der Waals surface area contributed by atoms with Crippen LogP contribution in [-0.2, 0) is 23.4 Å². The van der Waals surface area contributed by atoms with E-state index in [2.05, 4.69) is 5.32 Å². The van der Waals surface area contributed by atoms with Gasteiger partial charge in [0.2, 0.25) is 5.91 Å². The fourth-order valence-electron chi connectivity index (χ4n) is 3.86. The molecule has 1 aliphatic carbocycles. The summed E-state index contributed by atoms with van der Waals surface area (Å²) in [7, 11) is 1.61. The Labute approximate surface area is 161 Å². The maximum Gasteiger partial charge on any atom is 0.420 e. The van der Waals surface area contributed by atoms with Crippen molar-refractivity contribution in [2.45, 2.75) is 31.4 Å². The lowest BCUT2D eigenvalue weighted by Gasteiger charge is -2.35. The fraction of sp³-hybridized carbons (Fsp3) is 0.333. The molecular weight excluding hydrogens is 360 g/mol. The summed E-state index contributed by atoms with van der Waals surface area (Å²) in [4.78, 5) is 24.5. The molecule has 3 aromatic rings. The highest BCUT2D eigenvalue weighted by atomic mass is 16.5. The standard InChI is InChI=1S/C21H22N2O5/c1-27-15-8-9-16-14(11-15)5-4-10-21(16,26)13-22-19(24)12-23-17-6-2-3-7-18(17)28-20(23)25/h2-3,6-9,11,26H,4-5,10,12-13H2,1H3,(H,22,24). The summed E-state index contributed by atoms with van der Waals surface area (Å²) in [6.07, 6.45) is 2.23. The number of methoxy groups -OCH3 is 1. The first-order chi connectivity index (χ1) is 13.5. The van der Waals surface area contributed by atoms with Gasteiger partial charge in [-0.05, 0) is 54.7 Å². The Morgan fingerprint density at radius 3 is 2.96 bits per heavy atom. The minimum Gasteiger partial charge on any atom is -0.497 e. The van der Waals surface area contributed by atoms with Gasteiger partial charge in [0.25, 0.3) is 0 Å². The van der Waals surface area contributed by atoms with Gasteiger partial charge in [-0.1, -0.05) is 18.2 Å². The van der Waals surface area contributed by atoms with Crippen LogP contribution in [0, 0.1) is 0 Å². The van der Waals surface area contributed by atoms with Gasteiger partial charge in [0.1, 0.15) is 17.9 Å². The van der Waals surface area contributed by atoms with Gasteiger partial charge in [0.15, 0.2) is 5.58 Å². The number of nitrogens with zero attached hydrogens (tertiary/aromatic N) is 1. The summed E-state index contributed by atoms with van der Waals surface area (Å²) in [6, 6.07) is 12.6. The predicted octanol–water partition coefficient (Wildman–Crippen LogP) is 1.94. The van der Waals surface area contributed by atoms with Crippen LogP contribution in [0.4, 0.5) is 0 Å². The highest BCUT2D eigenvalue weighted by Gasteiger charge is 2.35. The Morgan fingerprint density at radius 2 is 2.14 bits per heavy atom.